The molecule has 0 aliphatic rings. The van der Waals surface area contributed by atoms with Crippen LogP contribution in [0.15, 0.2) is 18.0 Å². The second-order valence-electron chi connectivity index (χ2n) is 2.49. The van der Waals surface area contributed by atoms with Gasteiger partial charge in [-0.25, -0.2) is 9.78 Å². The molecule has 12 heavy (non-hydrogen) atoms. The topological polar surface area (TPSA) is 66.0 Å². The number of aromatic amines is 1. The van der Waals surface area contributed by atoms with E-state index in [1.807, 2.05) is 0 Å². The number of nitrogens with zero attached hydrogens (tertiary/aromatic N) is 1. The molecule has 0 saturated carbocycles. The van der Waals surface area contributed by atoms with Crippen LogP contribution < -0.4 is 0 Å². The van der Waals surface area contributed by atoms with E-state index in [0.29, 0.717) is 17.0 Å². The van der Waals surface area contributed by atoms with Gasteiger partial charge in [-0.05, 0) is 13.8 Å². The second-order valence-corrected chi connectivity index (χ2v) is 2.49. The van der Waals surface area contributed by atoms with Crippen LogP contribution in [0.3, 0.4) is 0 Å². The van der Waals surface area contributed by atoms with E-state index in [1.54, 1.807) is 26.2 Å². The van der Waals surface area contributed by atoms with Gasteiger partial charge in [-0.3, -0.25) is 0 Å². The Morgan fingerprint density at radius 1 is 1.58 bits per heavy atom. The zero-order valence-electron chi connectivity index (χ0n) is 6.96. The highest BCUT2D eigenvalue weighted by Crippen LogP contribution is 2.13. The Hall–Kier alpha value is -1.58. The molecule has 1 rings (SSSR count). The van der Waals surface area contributed by atoms with E-state index >= 15 is 0 Å². The Labute approximate surface area is 70.0 Å². The number of aromatic nitrogens is 2. The molecule has 0 radical (unpaired) electrons. The van der Waals surface area contributed by atoms with Crippen molar-refractivity contribution >= 4 is 11.5 Å². The molecular weight excluding hydrogens is 156 g/mol. The number of carboxylic acids is 1. The minimum absolute atomic E-state index is 0.310. The van der Waals surface area contributed by atoms with Crippen LogP contribution >= 0.6 is 0 Å². The van der Waals surface area contributed by atoms with Crippen molar-refractivity contribution in [3.05, 3.63) is 23.8 Å². The van der Waals surface area contributed by atoms with Crippen molar-refractivity contribution in [1.82, 2.24) is 9.97 Å². The van der Waals surface area contributed by atoms with E-state index in [-0.39, 0.29) is 0 Å². The van der Waals surface area contributed by atoms with Gasteiger partial charge in [-0.2, -0.15) is 0 Å². The van der Waals surface area contributed by atoms with Gasteiger partial charge >= 0.3 is 5.97 Å². The lowest BCUT2D eigenvalue weighted by atomic mass is 10.1. The average molecular weight is 166 g/mol. The number of allylic oxidation sites excluding steroid dienone is 1. The van der Waals surface area contributed by atoms with E-state index in [2.05, 4.69) is 9.97 Å². The third-order valence-corrected chi connectivity index (χ3v) is 1.74. The summed E-state index contributed by atoms with van der Waals surface area (Å²) in [5, 5.41) is 8.65. The Morgan fingerprint density at radius 3 is 2.67 bits per heavy atom. The predicted octanol–water partition coefficient (Wildman–Crippen LogP) is 1.29. The molecule has 4 nitrogen and oxygen atoms in total. The summed E-state index contributed by atoms with van der Waals surface area (Å²) in [7, 11) is 0. The lowest BCUT2D eigenvalue weighted by Crippen LogP contribution is -1.99. The minimum Gasteiger partial charge on any atom is -0.478 e. The molecule has 0 aliphatic heterocycles. The summed E-state index contributed by atoms with van der Waals surface area (Å²) in [6.07, 6.45) is 3.25. The summed E-state index contributed by atoms with van der Waals surface area (Å²) in [6, 6.07) is 0. The first kappa shape index (κ1) is 8.52. The third-order valence-electron chi connectivity index (χ3n) is 1.74. The number of hydrogen-bond acceptors (Lipinski definition) is 2. The van der Waals surface area contributed by atoms with Gasteiger partial charge in [-0.1, -0.05) is 0 Å². The first-order valence-electron chi connectivity index (χ1n) is 3.53. The quantitative estimate of drug-likeness (QED) is 0.650. The van der Waals surface area contributed by atoms with Gasteiger partial charge in [0.15, 0.2) is 0 Å². The fourth-order valence-electron chi connectivity index (χ4n) is 0.808. The molecule has 0 aromatic carbocycles. The summed E-state index contributed by atoms with van der Waals surface area (Å²) < 4.78 is 0. The first-order chi connectivity index (χ1) is 5.63. The standard InChI is InChI=1S/C8H10N2O2/c1-5(6(2)8(11)12)7-9-3-4-10-7/h3-4H,1-2H3,(H,9,10)(H,11,12). The van der Waals surface area contributed by atoms with Gasteiger partial charge in [0.25, 0.3) is 0 Å². The van der Waals surface area contributed by atoms with E-state index < -0.39 is 5.97 Å². The van der Waals surface area contributed by atoms with E-state index in [9.17, 15) is 4.79 Å². The number of hydrogen-bond donors (Lipinski definition) is 2. The number of nitrogens with one attached hydrogen (secondary N) is 1. The summed E-state index contributed by atoms with van der Waals surface area (Å²) in [5.41, 5.74) is 0.970. The molecule has 1 aromatic heterocycles. The molecule has 0 amide bonds. The van der Waals surface area contributed by atoms with Crippen molar-refractivity contribution in [1.29, 1.82) is 0 Å². The Balaban J connectivity index is 3.05. The lowest BCUT2D eigenvalue weighted by Gasteiger charge is -1.98. The molecule has 1 aromatic rings. The maximum absolute atomic E-state index is 10.5. The van der Waals surface area contributed by atoms with Gasteiger partial charge < -0.3 is 10.1 Å². The molecule has 0 bridgehead atoms. The normalized spacial score (nSPS) is 12.5. The van der Waals surface area contributed by atoms with Crippen molar-refractivity contribution in [2.24, 2.45) is 0 Å². The summed E-state index contributed by atoms with van der Waals surface area (Å²) >= 11 is 0. The summed E-state index contributed by atoms with van der Waals surface area (Å²) in [6.45, 7) is 3.28. The van der Waals surface area contributed by atoms with Gasteiger partial charge in [0, 0.05) is 23.5 Å². The van der Waals surface area contributed by atoms with E-state index in [0.717, 1.165) is 0 Å². The minimum atomic E-state index is -0.913. The van der Waals surface area contributed by atoms with Crippen LogP contribution in [-0.2, 0) is 4.79 Å². The SMILES string of the molecule is CC(C(=O)O)=C(C)c1ncc[nH]1. The first-order valence-corrected chi connectivity index (χ1v) is 3.53. The Kier molecular flexibility index (Phi) is 2.28. The molecule has 2 N–H and O–H groups in total. The van der Waals surface area contributed by atoms with E-state index in [4.69, 9.17) is 5.11 Å². The molecule has 0 atom stereocenters. The van der Waals surface area contributed by atoms with Crippen molar-refractivity contribution in [3.8, 4) is 0 Å². The van der Waals surface area contributed by atoms with Gasteiger partial charge in [0.2, 0.25) is 0 Å². The van der Waals surface area contributed by atoms with Crippen LogP contribution in [0.25, 0.3) is 5.57 Å². The molecular formula is C8H10N2O2. The summed E-state index contributed by atoms with van der Waals surface area (Å²) in [4.78, 5) is 17.3. The smallest absolute Gasteiger partial charge is 0.331 e. The second kappa shape index (κ2) is 3.21. The number of aliphatic carboxylic acids is 1. The molecule has 1 heterocycles. The number of rotatable bonds is 2. The molecule has 0 unspecified atom stereocenters. The van der Waals surface area contributed by atoms with Crippen LogP contribution in [0, 0.1) is 0 Å². The van der Waals surface area contributed by atoms with Crippen LogP contribution in [0.1, 0.15) is 19.7 Å². The lowest BCUT2D eigenvalue weighted by molar-refractivity contribution is -0.132. The largest absolute Gasteiger partial charge is 0.478 e. The highest BCUT2D eigenvalue weighted by Gasteiger charge is 2.07. The molecule has 4 heteroatoms. The number of H-pyrrole nitrogens is 1. The Morgan fingerprint density at radius 2 is 2.25 bits per heavy atom. The molecule has 0 spiro atoms. The maximum atomic E-state index is 10.5. The van der Waals surface area contributed by atoms with Gasteiger partial charge in [0.05, 0.1) is 0 Å². The van der Waals surface area contributed by atoms with Crippen molar-refractivity contribution in [3.63, 3.8) is 0 Å². The fraction of sp³-hybridized carbons (Fsp3) is 0.250. The Bertz CT molecular complexity index is 312. The van der Waals surface area contributed by atoms with Crippen molar-refractivity contribution < 1.29 is 9.90 Å². The molecule has 64 valence electrons. The average Bonchev–Trinajstić information content (AvgIpc) is 2.53. The van der Waals surface area contributed by atoms with E-state index in [1.165, 1.54) is 0 Å². The van der Waals surface area contributed by atoms with Gasteiger partial charge in [-0.15, -0.1) is 0 Å². The van der Waals surface area contributed by atoms with Crippen LogP contribution in [0.4, 0.5) is 0 Å². The number of carboxylic acid groups (broad SMARTS) is 1. The zero-order chi connectivity index (χ0) is 9.14. The van der Waals surface area contributed by atoms with Crippen molar-refractivity contribution in [2.75, 3.05) is 0 Å². The predicted molar refractivity (Wildman–Crippen MR) is 44.5 cm³/mol. The summed E-state index contributed by atoms with van der Waals surface area (Å²) in [5.74, 6) is -0.307. The van der Waals surface area contributed by atoms with Crippen molar-refractivity contribution in [2.45, 2.75) is 13.8 Å². The van der Waals surface area contributed by atoms with Crippen LogP contribution in [0.2, 0.25) is 0 Å². The number of imidazole rings is 1. The molecule has 0 saturated heterocycles. The molecule has 0 aliphatic carbocycles. The number of carbonyl (C=O) groups is 1. The highest BCUT2D eigenvalue weighted by molar-refractivity contribution is 5.94. The van der Waals surface area contributed by atoms with Crippen LogP contribution in [-0.4, -0.2) is 21.0 Å². The third kappa shape index (κ3) is 1.53. The monoisotopic (exact) mass is 166 g/mol. The fourth-order valence-corrected chi connectivity index (χ4v) is 0.808. The highest BCUT2D eigenvalue weighted by atomic mass is 16.4. The van der Waals surface area contributed by atoms with Crippen LogP contribution in [0.5, 0.6) is 0 Å². The van der Waals surface area contributed by atoms with Gasteiger partial charge in [0.1, 0.15) is 5.82 Å². The zero-order valence-corrected chi connectivity index (χ0v) is 6.96. The maximum Gasteiger partial charge on any atom is 0.331 e. The molecule has 0 fully saturated rings.